The van der Waals surface area contributed by atoms with Crippen LogP contribution in [0.2, 0.25) is 0 Å². The molecule has 1 N–H and O–H groups in total. The van der Waals surface area contributed by atoms with Crippen molar-refractivity contribution in [3.8, 4) is 0 Å². The molecule has 0 aliphatic heterocycles. The Morgan fingerprint density at radius 1 is 1.42 bits per heavy atom. The first-order valence-electron chi connectivity index (χ1n) is 5.90. The molecule has 0 amide bonds. The van der Waals surface area contributed by atoms with Gasteiger partial charge in [0.05, 0.1) is 6.20 Å². The second kappa shape index (κ2) is 5.09. The molecule has 0 bridgehead atoms. The van der Waals surface area contributed by atoms with Gasteiger partial charge in [-0.25, -0.2) is 4.79 Å². The van der Waals surface area contributed by atoms with Crippen molar-refractivity contribution < 1.29 is 9.90 Å². The van der Waals surface area contributed by atoms with E-state index in [-0.39, 0.29) is 5.56 Å². The van der Waals surface area contributed by atoms with Crippen LogP contribution in [0.15, 0.2) is 29.3 Å². The van der Waals surface area contributed by atoms with Crippen LogP contribution in [0.4, 0.5) is 0 Å². The number of hydrogen-bond acceptors (Lipinski definition) is 3. The van der Waals surface area contributed by atoms with Crippen molar-refractivity contribution >= 4 is 5.97 Å². The first-order valence-corrected chi connectivity index (χ1v) is 5.90. The molecule has 0 unspecified atom stereocenters. The Bertz CT molecular complexity index is 670. The number of nitrogens with zero attached hydrogens (tertiary/aromatic N) is 3. The highest BCUT2D eigenvalue weighted by molar-refractivity contribution is 5.87. The molecule has 0 atom stereocenters. The maximum absolute atomic E-state index is 12.0. The molecular weight excluding hydrogens is 246 g/mol. The van der Waals surface area contributed by atoms with Crippen LogP contribution in [-0.4, -0.2) is 25.4 Å². The van der Waals surface area contributed by atoms with Crippen molar-refractivity contribution in [1.29, 1.82) is 0 Å². The van der Waals surface area contributed by atoms with Gasteiger partial charge in [0.15, 0.2) is 0 Å². The zero-order chi connectivity index (χ0) is 14.0. The van der Waals surface area contributed by atoms with Gasteiger partial charge in [0.1, 0.15) is 5.56 Å². The Balaban J connectivity index is 2.27. The van der Waals surface area contributed by atoms with Gasteiger partial charge in [-0.05, 0) is 31.0 Å². The standard InChI is InChI=1S/C13H15N3O3/c1-9-3-4-11(13(18)19)12(17)16(9)6-5-10-7-14-15(2)8-10/h3-4,7-8H,5-6H2,1-2H3,(H,18,19). The first-order chi connectivity index (χ1) is 8.99. The minimum Gasteiger partial charge on any atom is -0.477 e. The van der Waals surface area contributed by atoms with Gasteiger partial charge in [-0.15, -0.1) is 0 Å². The van der Waals surface area contributed by atoms with Crippen LogP contribution in [0.25, 0.3) is 0 Å². The van der Waals surface area contributed by atoms with Crippen molar-refractivity contribution in [3.05, 3.63) is 51.7 Å². The topological polar surface area (TPSA) is 77.1 Å². The molecule has 0 saturated carbocycles. The third kappa shape index (κ3) is 2.73. The molecule has 100 valence electrons. The molecule has 2 aromatic rings. The number of carboxylic acids is 1. The van der Waals surface area contributed by atoms with Gasteiger partial charge in [-0.1, -0.05) is 0 Å². The molecule has 0 aliphatic rings. The zero-order valence-corrected chi connectivity index (χ0v) is 10.8. The Kier molecular flexibility index (Phi) is 3.50. The van der Waals surface area contributed by atoms with Gasteiger partial charge >= 0.3 is 5.97 Å². The summed E-state index contributed by atoms with van der Waals surface area (Å²) in [6.07, 6.45) is 4.25. The SMILES string of the molecule is Cc1ccc(C(=O)O)c(=O)n1CCc1cnn(C)c1. The van der Waals surface area contributed by atoms with Gasteiger partial charge in [-0.2, -0.15) is 5.10 Å². The lowest BCUT2D eigenvalue weighted by Gasteiger charge is -2.09. The van der Waals surface area contributed by atoms with Gasteiger partial charge in [0.25, 0.3) is 5.56 Å². The number of aromatic carboxylic acids is 1. The fourth-order valence-corrected chi connectivity index (χ4v) is 1.95. The van der Waals surface area contributed by atoms with E-state index in [0.29, 0.717) is 13.0 Å². The molecule has 19 heavy (non-hydrogen) atoms. The van der Waals surface area contributed by atoms with Crippen molar-refractivity contribution in [2.45, 2.75) is 19.9 Å². The van der Waals surface area contributed by atoms with E-state index in [2.05, 4.69) is 5.10 Å². The van der Waals surface area contributed by atoms with E-state index in [1.54, 1.807) is 23.9 Å². The van der Waals surface area contributed by atoms with Gasteiger partial charge < -0.3 is 9.67 Å². The second-order valence-electron chi connectivity index (χ2n) is 4.42. The highest BCUT2D eigenvalue weighted by atomic mass is 16.4. The molecule has 0 fully saturated rings. The second-order valence-corrected chi connectivity index (χ2v) is 4.42. The molecule has 6 heteroatoms. The lowest BCUT2D eigenvalue weighted by Crippen LogP contribution is -2.28. The monoisotopic (exact) mass is 261 g/mol. The van der Waals surface area contributed by atoms with Crippen LogP contribution in [0.5, 0.6) is 0 Å². The quantitative estimate of drug-likeness (QED) is 0.884. The third-order valence-electron chi connectivity index (χ3n) is 3.01. The molecule has 2 rings (SSSR count). The summed E-state index contributed by atoms with van der Waals surface area (Å²) in [5, 5.41) is 13.0. The van der Waals surface area contributed by atoms with Crippen LogP contribution in [0.1, 0.15) is 21.6 Å². The van der Waals surface area contributed by atoms with Crippen LogP contribution < -0.4 is 5.56 Å². The minimum atomic E-state index is -1.19. The fraction of sp³-hybridized carbons (Fsp3) is 0.308. The predicted molar refractivity (Wildman–Crippen MR) is 69.3 cm³/mol. The van der Waals surface area contributed by atoms with E-state index < -0.39 is 11.5 Å². The Morgan fingerprint density at radius 2 is 2.16 bits per heavy atom. The molecule has 0 saturated heterocycles. The number of carbonyl (C=O) groups is 1. The number of hydrogen-bond donors (Lipinski definition) is 1. The molecule has 0 radical (unpaired) electrons. The number of aromatic nitrogens is 3. The molecule has 0 spiro atoms. The van der Waals surface area contributed by atoms with E-state index in [9.17, 15) is 9.59 Å². The Labute approximate surface area is 109 Å². The maximum Gasteiger partial charge on any atom is 0.341 e. The van der Waals surface area contributed by atoms with Gasteiger partial charge in [-0.3, -0.25) is 9.48 Å². The van der Waals surface area contributed by atoms with Crippen LogP contribution in [0, 0.1) is 6.92 Å². The predicted octanol–water partition coefficient (Wildman–Crippen LogP) is 0.831. The third-order valence-corrected chi connectivity index (χ3v) is 3.01. The number of pyridine rings is 1. The summed E-state index contributed by atoms with van der Waals surface area (Å²) in [6, 6.07) is 2.99. The Morgan fingerprint density at radius 3 is 2.74 bits per heavy atom. The summed E-state index contributed by atoms with van der Waals surface area (Å²) in [7, 11) is 1.83. The average Bonchev–Trinajstić information content (AvgIpc) is 2.74. The molecule has 2 heterocycles. The average molecular weight is 261 g/mol. The molecular formula is C13H15N3O3. The maximum atomic E-state index is 12.0. The first kappa shape index (κ1) is 13.1. The number of aryl methyl sites for hydroxylation is 3. The van der Waals surface area contributed by atoms with Gasteiger partial charge in [0.2, 0.25) is 0 Å². The minimum absolute atomic E-state index is 0.197. The highest BCUT2D eigenvalue weighted by Crippen LogP contribution is 2.03. The van der Waals surface area contributed by atoms with Crippen LogP contribution >= 0.6 is 0 Å². The molecule has 2 aromatic heterocycles. The Hall–Kier alpha value is -2.37. The lowest BCUT2D eigenvalue weighted by atomic mass is 10.2. The number of rotatable bonds is 4. The normalized spacial score (nSPS) is 10.6. The van der Waals surface area contributed by atoms with E-state index in [1.165, 1.54) is 10.6 Å². The van der Waals surface area contributed by atoms with Crippen molar-refractivity contribution in [3.63, 3.8) is 0 Å². The van der Waals surface area contributed by atoms with E-state index in [1.807, 2.05) is 13.2 Å². The summed E-state index contributed by atoms with van der Waals surface area (Å²) < 4.78 is 3.18. The largest absolute Gasteiger partial charge is 0.477 e. The fourth-order valence-electron chi connectivity index (χ4n) is 1.95. The van der Waals surface area contributed by atoms with Crippen molar-refractivity contribution in [2.24, 2.45) is 7.05 Å². The van der Waals surface area contributed by atoms with E-state index >= 15 is 0 Å². The molecule has 0 aliphatic carbocycles. The summed E-state index contributed by atoms with van der Waals surface area (Å²) >= 11 is 0. The lowest BCUT2D eigenvalue weighted by molar-refractivity contribution is 0.0694. The smallest absolute Gasteiger partial charge is 0.341 e. The highest BCUT2D eigenvalue weighted by Gasteiger charge is 2.12. The summed E-state index contributed by atoms with van der Waals surface area (Å²) in [4.78, 5) is 23.0. The summed E-state index contributed by atoms with van der Waals surface area (Å²) in [5.41, 5.74) is 1.10. The summed E-state index contributed by atoms with van der Waals surface area (Å²) in [5.74, 6) is -1.19. The number of carboxylic acid groups (broad SMARTS) is 1. The molecule has 0 aromatic carbocycles. The molecule has 6 nitrogen and oxygen atoms in total. The van der Waals surface area contributed by atoms with E-state index in [4.69, 9.17) is 5.11 Å². The van der Waals surface area contributed by atoms with Crippen LogP contribution in [0.3, 0.4) is 0 Å². The van der Waals surface area contributed by atoms with Crippen molar-refractivity contribution in [1.82, 2.24) is 14.3 Å². The van der Waals surface area contributed by atoms with E-state index in [0.717, 1.165) is 11.3 Å². The zero-order valence-electron chi connectivity index (χ0n) is 10.8. The van der Waals surface area contributed by atoms with Crippen molar-refractivity contribution in [2.75, 3.05) is 0 Å². The summed E-state index contributed by atoms with van der Waals surface area (Å²) in [6.45, 7) is 2.23. The van der Waals surface area contributed by atoms with Crippen LogP contribution in [-0.2, 0) is 20.0 Å². The van der Waals surface area contributed by atoms with Gasteiger partial charge in [0, 0.05) is 25.5 Å².